The Morgan fingerprint density at radius 3 is 2.63 bits per heavy atom. The summed E-state index contributed by atoms with van der Waals surface area (Å²) in [6.07, 6.45) is -1.57. The second-order valence-electron chi connectivity index (χ2n) is 5.03. The first kappa shape index (κ1) is 15.9. The average Bonchev–Trinajstić information content (AvgIpc) is 2.25. The van der Waals surface area contributed by atoms with Gasteiger partial charge in [-0.15, -0.1) is 0 Å². The van der Waals surface area contributed by atoms with E-state index in [0.29, 0.717) is 0 Å². The number of rotatable bonds is 3. The van der Waals surface area contributed by atoms with Crippen LogP contribution >= 0.6 is 15.9 Å². The zero-order valence-corrected chi connectivity index (χ0v) is 12.6. The Labute approximate surface area is 120 Å². The lowest BCUT2D eigenvalue weighted by Gasteiger charge is -2.20. The van der Waals surface area contributed by atoms with Gasteiger partial charge >= 0.3 is 6.09 Å². The lowest BCUT2D eigenvalue weighted by atomic mass is 10.1. The minimum Gasteiger partial charge on any atom is -0.444 e. The lowest BCUT2D eigenvalue weighted by molar-refractivity contribution is 0.0636. The first-order valence-corrected chi connectivity index (χ1v) is 6.88. The van der Waals surface area contributed by atoms with Crippen molar-refractivity contribution in [2.45, 2.75) is 32.5 Å². The zero-order valence-electron chi connectivity index (χ0n) is 11.0. The van der Waals surface area contributed by atoms with E-state index in [1.165, 1.54) is 12.1 Å². The van der Waals surface area contributed by atoms with Crippen LogP contribution in [0.4, 0.5) is 14.9 Å². The summed E-state index contributed by atoms with van der Waals surface area (Å²) in [4.78, 5) is 11.5. The number of aliphatic hydroxyl groups is 1. The molecule has 1 aromatic rings. The maximum Gasteiger partial charge on any atom is 0.412 e. The Hall–Kier alpha value is -1.14. The van der Waals surface area contributed by atoms with Crippen LogP contribution in [0.25, 0.3) is 0 Å². The predicted octanol–water partition coefficient (Wildman–Crippen LogP) is 3.60. The molecule has 4 nitrogen and oxygen atoms in total. The first-order chi connectivity index (χ1) is 8.73. The van der Waals surface area contributed by atoms with Crippen LogP contribution in [0.1, 0.15) is 32.4 Å². The predicted molar refractivity (Wildman–Crippen MR) is 75.0 cm³/mol. The molecule has 1 aromatic carbocycles. The minimum atomic E-state index is -0.921. The molecule has 106 valence electrons. The Morgan fingerprint density at radius 1 is 1.53 bits per heavy atom. The summed E-state index contributed by atoms with van der Waals surface area (Å²) in [5, 5.41) is 12.2. The molecule has 0 heterocycles. The quantitative estimate of drug-likeness (QED) is 0.831. The number of hydrogen-bond acceptors (Lipinski definition) is 3. The van der Waals surface area contributed by atoms with E-state index < -0.39 is 23.6 Å². The summed E-state index contributed by atoms with van der Waals surface area (Å²) >= 11 is 3.07. The van der Waals surface area contributed by atoms with Crippen molar-refractivity contribution >= 4 is 27.7 Å². The number of ether oxygens (including phenoxy) is 1. The van der Waals surface area contributed by atoms with Gasteiger partial charge in [0.1, 0.15) is 11.4 Å². The van der Waals surface area contributed by atoms with Gasteiger partial charge in [-0.25, -0.2) is 9.18 Å². The second-order valence-corrected chi connectivity index (χ2v) is 5.68. The number of hydrogen-bond donors (Lipinski definition) is 2. The fraction of sp³-hybridized carbons (Fsp3) is 0.462. The molecule has 0 aromatic heterocycles. The van der Waals surface area contributed by atoms with Crippen molar-refractivity contribution in [1.29, 1.82) is 0 Å². The minimum absolute atomic E-state index is 0.173. The average molecular weight is 334 g/mol. The van der Waals surface area contributed by atoms with Gasteiger partial charge in [0.15, 0.2) is 0 Å². The summed E-state index contributed by atoms with van der Waals surface area (Å²) in [6, 6.07) is 4.08. The topological polar surface area (TPSA) is 58.6 Å². The van der Waals surface area contributed by atoms with Crippen molar-refractivity contribution in [3.05, 3.63) is 29.6 Å². The number of carbonyl (C=O) groups is 1. The molecule has 0 fully saturated rings. The highest BCUT2D eigenvalue weighted by Gasteiger charge is 2.17. The van der Waals surface area contributed by atoms with E-state index in [1.54, 1.807) is 20.8 Å². The van der Waals surface area contributed by atoms with Crippen LogP contribution in [-0.4, -0.2) is 22.1 Å². The third-order valence-electron chi connectivity index (χ3n) is 2.15. The van der Waals surface area contributed by atoms with Crippen molar-refractivity contribution < 1.29 is 19.0 Å². The van der Waals surface area contributed by atoms with Crippen LogP contribution in [0.2, 0.25) is 0 Å². The Bertz CT molecular complexity index is 460. The number of nitrogens with one attached hydrogen (secondary N) is 1. The molecule has 6 heteroatoms. The van der Waals surface area contributed by atoms with Crippen LogP contribution in [0.3, 0.4) is 0 Å². The van der Waals surface area contributed by atoms with Gasteiger partial charge < -0.3 is 9.84 Å². The highest BCUT2D eigenvalue weighted by atomic mass is 79.9. The van der Waals surface area contributed by atoms with Crippen LogP contribution in [0.15, 0.2) is 18.2 Å². The molecule has 0 aliphatic heterocycles. The highest BCUT2D eigenvalue weighted by molar-refractivity contribution is 9.09. The number of anilines is 1. The molecule has 1 atom stereocenters. The second kappa shape index (κ2) is 6.34. The molecular formula is C13H17BrFNO3. The molecular weight excluding hydrogens is 317 g/mol. The third-order valence-corrected chi connectivity index (χ3v) is 2.76. The van der Waals surface area contributed by atoms with Crippen LogP contribution in [-0.2, 0) is 4.74 Å². The molecule has 1 rings (SSSR count). The van der Waals surface area contributed by atoms with E-state index in [0.717, 1.165) is 6.07 Å². The van der Waals surface area contributed by atoms with Gasteiger partial charge in [-0.2, -0.15) is 0 Å². The number of amides is 1. The molecule has 0 saturated heterocycles. The molecule has 0 saturated carbocycles. The Morgan fingerprint density at radius 2 is 2.16 bits per heavy atom. The summed E-state index contributed by atoms with van der Waals surface area (Å²) in [5.41, 5.74) is -0.168. The van der Waals surface area contributed by atoms with E-state index in [-0.39, 0.29) is 16.6 Å². The molecule has 19 heavy (non-hydrogen) atoms. The molecule has 1 unspecified atom stereocenters. The van der Waals surface area contributed by atoms with Gasteiger partial charge in [0, 0.05) is 16.6 Å². The Kier molecular flexibility index (Phi) is 5.31. The monoisotopic (exact) mass is 333 g/mol. The van der Waals surface area contributed by atoms with Crippen LogP contribution in [0, 0.1) is 5.82 Å². The molecule has 0 bridgehead atoms. The van der Waals surface area contributed by atoms with Crippen molar-refractivity contribution in [3.8, 4) is 0 Å². The highest BCUT2D eigenvalue weighted by Crippen LogP contribution is 2.22. The van der Waals surface area contributed by atoms with Crippen molar-refractivity contribution in [2.24, 2.45) is 0 Å². The van der Waals surface area contributed by atoms with Crippen molar-refractivity contribution in [3.63, 3.8) is 0 Å². The maximum absolute atomic E-state index is 13.7. The summed E-state index contributed by atoms with van der Waals surface area (Å²) in [7, 11) is 0. The molecule has 0 spiro atoms. The van der Waals surface area contributed by atoms with Gasteiger partial charge in [0.25, 0.3) is 0 Å². The maximum atomic E-state index is 13.7. The first-order valence-electron chi connectivity index (χ1n) is 5.76. The van der Waals surface area contributed by atoms with Crippen molar-refractivity contribution in [2.75, 3.05) is 10.6 Å². The molecule has 1 amide bonds. The number of halogens is 2. The molecule has 0 aliphatic rings. The third kappa shape index (κ3) is 5.16. The summed E-state index contributed by atoms with van der Waals surface area (Å²) < 4.78 is 18.8. The zero-order chi connectivity index (χ0) is 14.6. The number of benzene rings is 1. The van der Waals surface area contributed by atoms with E-state index in [9.17, 15) is 14.3 Å². The van der Waals surface area contributed by atoms with Crippen LogP contribution in [0.5, 0.6) is 0 Å². The van der Waals surface area contributed by atoms with E-state index in [2.05, 4.69) is 21.2 Å². The number of alkyl halides is 1. The molecule has 0 radical (unpaired) electrons. The fourth-order valence-corrected chi connectivity index (χ4v) is 1.73. The number of aliphatic hydroxyl groups excluding tert-OH is 1. The fourth-order valence-electron chi connectivity index (χ4n) is 1.38. The summed E-state index contributed by atoms with van der Waals surface area (Å²) in [5.74, 6) is -0.583. The largest absolute Gasteiger partial charge is 0.444 e. The van der Waals surface area contributed by atoms with Gasteiger partial charge in [0.05, 0.1) is 6.10 Å². The smallest absolute Gasteiger partial charge is 0.412 e. The van der Waals surface area contributed by atoms with Gasteiger partial charge in [-0.3, -0.25) is 5.32 Å². The van der Waals surface area contributed by atoms with Gasteiger partial charge in [0.2, 0.25) is 0 Å². The Balaban J connectivity index is 2.76. The summed E-state index contributed by atoms with van der Waals surface area (Å²) in [6.45, 7) is 5.22. The molecule has 0 aliphatic carbocycles. The number of carbonyl (C=O) groups excluding carboxylic acids is 1. The van der Waals surface area contributed by atoms with Crippen molar-refractivity contribution in [1.82, 2.24) is 0 Å². The van der Waals surface area contributed by atoms with E-state index in [1.807, 2.05) is 0 Å². The van der Waals surface area contributed by atoms with Gasteiger partial charge in [-0.05, 0) is 32.9 Å². The van der Waals surface area contributed by atoms with Gasteiger partial charge in [-0.1, -0.05) is 22.0 Å². The SMILES string of the molecule is CC(C)(C)OC(=O)Nc1ccc(C(O)CBr)c(F)c1. The van der Waals surface area contributed by atoms with E-state index in [4.69, 9.17) is 4.74 Å². The molecule has 2 N–H and O–H groups in total. The van der Waals surface area contributed by atoms with Crippen LogP contribution < -0.4 is 5.32 Å². The standard InChI is InChI=1S/C13H17BrFNO3/c1-13(2,3)19-12(18)16-8-4-5-9(10(15)6-8)11(17)7-14/h4-6,11,17H,7H2,1-3H3,(H,16,18). The lowest BCUT2D eigenvalue weighted by Crippen LogP contribution is -2.27. The van der Waals surface area contributed by atoms with E-state index >= 15 is 0 Å². The normalized spacial score (nSPS) is 12.9.